The van der Waals surface area contributed by atoms with E-state index in [1.807, 2.05) is 0 Å². The van der Waals surface area contributed by atoms with Crippen molar-refractivity contribution in [2.75, 3.05) is 13.2 Å². The molecule has 2 saturated carbocycles. The van der Waals surface area contributed by atoms with Crippen LogP contribution in [-0.4, -0.2) is 25.2 Å². The standard InChI is InChI=1S/C19H28O4/c1-3-17(20)22-13-19(14-23-18(21)4-2,15-9-5-6-10-15)16-11-7-8-12-16/h3-4,15-16H,1-2,5-14H2. The molecule has 4 nitrogen and oxygen atoms in total. The predicted octanol–water partition coefficient (Wildman–Crippen LogP) is 3.81. The molecule has 4 heteroatoms. The molecular formula is C19H28O4. The van der Waals surface area contributed by atoms with Crippen LogP contribution >= 0.6 is 0 Å². The fourth-order valence-electron chi connectivity index (χ4n) is 4.38. The summed E-state index contributed by atoms with van der Waals surface area (Å²) >= 11 is 0. The first-order valence-corrected chi connectivity index (χ1v) is 8.71. The molecule has 0 heterocycles. The number of rotatable bonds is 8. The minimum absolute atomic E-state index is 0.260. The van der Waals surface area contributed by atoms with E-state index in [0.717, 1.165) is 25.7 Å². The lowest BCUT2D eigenvalue weighted by molar-refractivity contribution is -0.156. The first-order valence-electron chi connectivity index (χ1n) is 8.71. The summed E-state index contributed by atoms with van der Waals surface area (Å²) in [5.74, 6) is 0.0856. The molecule has 0 aliphatic heterocycles. The third-order valence-corrected chi connectivity index (χ3v) is 5.64. The van der Waals surface area contributed by atoms with E-state index < -0.39 is 11.9 Å². The molecule has 128 valence electrons. The maximum absolute atomic E-state index is 11.6. The molecule has 2 rings (SSSR count). The van der Waals surface area contributed by atoms with Crippen molar-refractivity contribution in [1.82, 2.24) is 0 Å². The summed E-state index contributed by atoms with van der Waals surface area (Å²) < 4.78 is 10.9. The summed E-state index contributed by atoms with van der Waals surface area (Å²) in [7, 11) is 0. The van der Waals surface area contributed by atoms with Crippen LogP contribution in [-0.2, 0) is 19.1 Å². The summed E-state index contributed by atoms with van der Waals surface area (Å²) in [6, 6.07) is 0. The zero-order chi connectivity index (χ0) is 16.7. The Kier molecular flexibility index (Phi) is 6.43. The average Bonchev–Trinajstić information content (AvgIpc) is 3.28. The van der Waals surface area contributed by atoms with Crippen LogP contribution in [0, 0.1) is 17.3 Å². The fourth-order valence-corrected chi connectivity index (χ4v) is 4.38. The van der Waals surface area contributed by atoms with E-state index in [9.17, 15) is 9.59 Å². The first kappa shape index (κ1) is 17.8. The summed E-state index contributed by atoms with van der Waals surface area (Å²) in [5, 5.41) is 0. The third kappa shape index (κ3) is 4.24. The lowest BCUT2D eigenvalue weighted by atomic mass is 9.65. The number of hydrogen-bond acceptors (Lipinski definition) is 4. The molecule has 0 saturated heterocycles. The Morgan fingerprint density at radius 3 is 1.48 bits per heavy atom. The normalized spacial score (nSPS) is 19.5. The van der Waals surface area contributed by atoms with Crippen molar-refractivity contribution in [3.63, 3.8) is 0 Å². The molecule has 0 atom stereocenters. The fraction of sp³-hybridized carbons (Fsp3) is 0.684. The molecule has 0 spiro atoms. The Morgan fingerprint density at radius 1 is 0.826 bits per heavy atom. The van der Waals surface area contributed by atoms with Crippen molar-refractivity contribution in [2.45, 2.75) is 51.4 Å². The van der Waals surface area contributed by atoms with Crippen molar-refractivity contribution in [2.24, 2.45) is 17.3 Å². The van der Waals surface area contributed by atoms with Crippen molar-refractivity contribution in [3.8, 4) is 0 Å². The summed E-state index contributed by atoms with van der Waals surface area (Å²) in [6.07, 6.45) is 11.7. The van der Waals surface area contributed by atoms with Crippen molar-refractivity contribution >= 4 is 11.9 Å². The number of esters is 2. The minimum atomic E-state index is -0.402. The van der Waals surface area contributed by atoms with Crippen LogP contribution < -0.4 is 0 Å². The molecule has 0 aromatic heterocycles. The number of ether oxygens (including phenoxy) is 2. The van der Waals surface area contributed by atoms with Gasteiger partial charge in [0.05, 0.1) is 0 Å². The molecule has 0 aromatic rings. The number of carbonyl (C=O) groups is 2. The topological polar surface area (TPSA) is 52.6 Å². The van der Waals surface area contributed by atoms with Gasteiger partial charge in [-0.2, -0.15) is 0 Å². The largest absolute Gasteiger partial charge is 0.462 e. The van der Waals surface area contributed by atoms with Crippen molar-refractivity contribution < 1.29 is 19.1 Å². The molecular weight excluding hydrogens is 292 g/mol. The van der Waals surface area contributed by atoms with Gasteiger partial charge in [0.15, 0.2) is 0 Å². The Morgan fingerprint density at radius 2 is 1.17 bits per heavy atom. The molecule has 0 aromatic carbocycles. The SMILES string of the molecule is C=CC(=O)OCC(COC(=O)C=C)(C1CCCC1)C1CCCC1. The molecule has 0 unspecified atom stereocenters. The van der Waals surface area contributed by atoms with E-state index in [1.54, 1.807) is 0 Å². The summed E-state index contributed by atoms with van der Waals surface area (Å²) in [5.41, 5.74) is -0.260. The zero-order valence-electron chi connectivity index (χ0n) is 13.9. The Balaban J connectivity index is 2.21. The zero-order valence-corrected chi connectivity index (χ0v) is 13.9. The highest BCUT2D eigenvalue weighted by atomic mass is 16.5. The Hall–Kier alpha value is -1.58. The van der Waals surface area contributed by atoms with Gasteiger partial charge in [-0.05, 0) is 37.5 Å². The Bertz CT molecular complexity index is 400. The first-order chi connectivity index (χ1) is 11.1. The second-order valence-corrected chi connectivity index (χ2v) is 6.82. The molecule has 0 amide bonds. The smallest absolute Gasteiger partial charge is 0.330 e. The van der Waals surface area contributed by atoms with Crippen molar-refractivity contribution in [1.29, 1.82) is 0 Å². The number of hydrogen-bond donors (Lipinski definition) is 0. The van der Waals surface area contributed by atoms with Crippen LogP contribution in [0.15, 0.2) is 25.3 Å². The molecule has 0 bridgehead atoms. The second-order valence-electron chi connectivity index (χ2n) is 6.82. The highest BCUT2D eigenvalue weighted by molar-refractivity contribution is 5.81. The van der Waals surface area contributed by atoms with Crippen LogP contribution in [0.4, 0.5) is 0 Å². The third-order valence-electron chi connectivity index (χ3n) is 5.64. The van der Waals surface area contributed by atoms with Gasteiger partial charge in [-0.1, -0.05) is 38.8 Å². The van der Waals surface area contributed by atoms with Crippen LogP contribution in [0.1, 0.15) is 51.4 Å². The van der Waals surface area contributed by atoms with Crippen LogP contribution in [0.5, 0.6) is 0 Å². The van der Waals surface area contributed by atoms with Gasteiger partial charge in [0, 0.05) is 17.6 Å². The van der Waals surface area contributed by atoms with Gasteiger partial charge in [-0.3, -0.25) is 0 Å². The molecule has 0 N–H and O–H groups in total. The monoisotopic (exact) mass is 320 g/mol. The summed E-state index contributed by atoms with van der Waals surface area (Å²) in [6.45, 7) is 7.58. The molecule has 2 aliphatic rings. The molecule has 2 fully saturated rings. The average molecular weight is 320 g/mol. The van der Waals surface area contributed by atoms with Crippen molar-refractivity contribution in [3.05, 3.63) is 25.3 Å². The maximum Gasteiger partial charge on any atom is 0.330 e. The molecule has 23 heavy (non-hydrogen) atoms. The maximum atomic E-state index is 11.6. The minimum Gasteiger partial charge on any atom is -0.462 e. The molecule has 0 radical (unpaired) electrons. The predicted molar refractivity (Wildman–Crippen MR) is 88.7 cm³/mol. The van der Waals surface area contributed by atoms with Crippen LogP contribution in [0.25, 0.3) is 0 Å². The lowest BCUT2D eigenvalue weighted by Crippen LogP contribution is -2.45. The van der Waals surface area contributed by atoms with E-state index in [0.29, 0.717) is 25.0 Å². The van der Waals surface area contributed by atoms with Gasteiger partial charge in [0.2, 0.25) is 0 Å². The van der Waals surface area contributed by atoms with Gasteiger partial charge in [-0.25, -0.2) is 9.59 Å². The van der Waals surface area contributed by atoms with E-state index in [1.165, 1.54) is 37.8 Å². The van der Waals surface area contributed by atoms with E-state index >= 15 is 0 Å². The van der Waals surface area contributed by atoms with Gasteiger partial charge in [0.25, 0.3) is 0 Å². The number of carbonyl (C=O) groups excluding carboxylic acids is 2. The van der Waals surface area contributed by atoms with Gasteiger partial charge >= 0.3 is 11.9 Å². The van der Waals surface area contributed by atoms with E-state index in [2.05, 4.69) is 13.2 Å². The van der Waals surface area contributed by atoms with Gasteiger partial charge in [-0.15, -0.1) is 0 Å². The quantitative estimate of drug-likeness (QED) is 0.504. The summed E-state index contributed by atoms with van der Waals surface area (Å²) in [4.78, 5) is 23.2. The van der Waals surface area contributed by atoms with E-state index in [4.69, 9.17) is 9.47 Å². The van der Waals surface area contributed by atoms with Gasteiger partial charge < -0.3 is 9.47 Å². The van der Waals surface area contributed by atoms with Crippen LogP contribution in [0.2, 0.25) is 0 Å². The molecule has 2 aliphatic carbocycles. The Labute approximate surface area is 138 Å². The second kappa shape index (κ2) is 8.32. The highest BCUT2D eigenvalue weighted by Crippen LogP contribution is 2.51. The van der Waals surface area contributed by atoms with Gasteiger partial charge in [0.1, 0.15) is 13.2 Å². The van der Waals surface area contributed by atoms with Crippen LogP contribution in [0.3, 0.4) is 0 Å². The lowest BCUT2D eigenvalue weighted by Gasteiger charge is -2.43. The highest BCUT2D eigenvalue weighted by Gasteiger charge is 2.48. The van der Waals surface area contributed by atoms with E-state index in [-0.39, 0.29) is 5.41 Å².